The Labute approximate surface area is 257 Å². The van der Waals surface area contributed by atoms with Gasteiger partial charge in [-0.15, -0.1) is 0 Å². The number of amides is 2. The first-order valence-corrected chi connectivity index (χ1v) is 15.8. The van der Waals surface area contributed by atoms with Crippen LogP contribution in [0.3, 0.4) is 0 Å². The zero-order valence-corrected chi connectivity index (χ0v) is 26.5. The van der Waals surface area contributed by atoms with Crippen LogP contribution < -0.4 is 9.62 Å². The highest BCUT2D eigenvalue weighted by atomic mass is 35.5. The molecule has 0 aliphatic rings. The summed E-state index contributed by atoms with van der Waals surface area (Å²) in [6, 6.07) is 16.7. The van der Waals surface area contributed by atoms with E-state index in [4.69, 9.17) is 34.8 Å². The van der Waals surface area contributed by atoms with Crippen molar-refractivity contribution in [1.82, 2.24) is 10.2 Å². The molecule has 0 spiro atoms. The number of hydrogen-bond donors (Lipinski definition) is 1. The number of aryl methyl sites for hydroxylation is 1. The van der Waals surface area contributed by atoms with Gasteiger partial charge in [0.1, 0.15) is 12.6 Å². The summed E-state index contributed by atoms with van der Waals surface area (Å²) in [6.45, 7) is 6.88. The first-order chi connectivity index (χ1) is 19.4. The summed E-state index contributed by atoms with van der Waals surface area (Å²) < 4.78 is 28.9. The summed E-state index contributed by atoms with van der Waals surface area (Å²) in [5.74, 6) is -0.918. The van der Waals surface area contributed by atoms with Crippen molar-refractivity contribution in [1.29, 1.82) is 0 Å². The van der Waals surface area contributed by atoms with E-state index in [1.54, 1.807) is 55.5 Å². The molecule has 11 heteroatoms. The van der Waals surface area contributed by atoms with Gasteiger partial charge >= 0.3 is 0 Å². The monoisotopic (exact) mass is 637 g/mol. The number of halogens is 3. The summed E-state index contributed by atoms with van der Waals surface area (Å²) in [7, 11) is -4.22. The van der Waals surface area contributed by atoms with Crippen molar-refractivity contribution in [2.24, 2.45) is 0 Å². The second kappa shape index (κ2) is 14.4. The van der Waals surface area contributed by atoms with Crippen molar-refractivity contribution < 1.29 is 18.0 Å². The predicted molar refractivity (Wildman–Crippen MR) is 166 cm³/mol. The lowest BCUT2D eigenvalue weighted by Gasteiger charge is -2.34. The number of rotatable bonds is 12. The van der Waals surface area contributed by atoms with Crippen LogP contribution in [0.15, 0.2) is 71.6 Å². The van der Waals surface area contributed by atoms with Crippen molar-refractivity contribution in [2.75, 3.05) is 10.8 Å². The average molecular weight is 639 g/mol. The Kier molecular flexibility index (Phi) is 11.5. The molecule has 0 bridgehead atoms. The van der Waals surface area contributed by atoms with Crippen molar-refractivity contribution in [3.63, 3.8) is 0 Å². The molecule has 0 fully saturated rings. The van der Waals surface area contributed by atoms with Gasteiger partial charge in [0, 0.05) is 12.6 Å². The Morgan fingerprint density at radius 3 is 2.12 bits per heavy atom. The molecule has 0 saturated heterocycles. The Hall–Kier alpha value is -2.78. The minimum atomic E-state index is -4.22. The van der Waals surface area contributed by atoms with Gasteiger partial charge in [-0.25, -0.2) is 8.42 Å². The summed E-state index contributed by atoms with van der Waals surface area (Å²) >= 11 is 18.8. The minimum absolute atomic E-state index is 0.00307. The third kappa shape index (κ3) is 8.16. The lowest BCUT2D eigenvalue weighted by molar-refractivity contribution is -0.140. The molecule has 0 radical (unpaired) electrons. The molecule has 7 nitrogen and oxygen atoms in total. The molecule has 2 amide bonds. The molecule has 0 aliphatic carbocycles. The molecular weight excluding hydrogens is 605 g/mol. The molecule has 2 atom stereocenters. The van der Waals surface area contributed by atoms with Crippen molar-refractivity contribution in [3.8, 4) is 0 Å². The summed E-state index contributed by atoms with van der Waals surface area (Å²) in [5.41, 5.74) is 1.66. The molecule has 3 aromatic rings. The van der Waals surface area contributed by atoms with Gasteiger partial charge in [-0.1, -0.05) is 84.5 Å². The maximum absolute atomic E-state index is 14.1. The number of carbonyl (C=O) groups is 2. The number of carbonyl (C=O) groups excluding carboxylic acids is 2. The number of hydrogen-bond acceptors (Lipinski definition) is 4. The van der Waals surface area contributed by atoms with Crippen molar-refractivity contribution >= 4 is 62.3 Å². The Morgan fingerprint density at radius 1 is 0.878 bits per heavy atom. The van der Waals surface area contributed by atoms with Gasteiger partial charge in [0.15, 0.2) is 0 Å². The summed E-state index contributed by atoms with van der Waals surface area (Å²) in [4.78, 5) is 28.9. The van der Waals surface area contributed by atoms with Crippen LogP contribution in [0.25, 0.3) is 0 Å². The van der Waals surface area contributed by atoms with E-state index in [0.29, 0.717) is 28.5 Å². The average Bonchev–Trinajstić information content (AvgIpc) is 2.94. The lowest BCUT2D eigenvalue weighted by Crippen LogP contribution is -2.53. The van der Waals surface area contributed by atoms with E-state index in [-0.39, 0.29) is 34.1 Å². The van der Waals surface area contributed by atoms with Crippen LogP contribution in [0.1, 0.15) is 44.7 Å². The topological polar surface area (TPSA) is 86.8 Å². The van der Waals surface area contributed by atoms with Crippen LogP contribution >= 0.6 is 34.8 Å². The van der Waals surface area contributed by atoms with Gasteiger partial charge in [0.05, 0.1) is 25.7 Å². The van der Waals surface area contributed by atoms with Gasteiger partial charge in [0.2, 0.25) is 11.8 Å². The van der Waals surface area contributed by atoms with Crippen LogP contribution in [0.2, 0.25) is 15.1 Å². The third-order valence-electron chi connectivity index (χ3n) is 6.73. The van der Waals surface area contributed by atoms with E-state index >= 15 is 0 Å². The smallest absolute Gasteiger partial charge is 0.264 e. The molecule has 0 unspecified atom stereocenters. The fourth-order valence-corrected chi connectivity index (χ4v) is 6.24. The predicted octanol–water partition coefficient (Wildman–Crippen LogP) is 6.87. The van der Waals surface area contributed by atoms with E-state index in [1.165, 1.54) is 23.1 Å². The van der Waals surface area contributed by atoms with Crippen LogP contribution in [-0.2, 0) is 26.2 Å². The number of benzene rings is 3. The van der Waals surface area contributed by atoms with E-state index < -0.39 is 28.5 Å². The number of nitrogens with one attached hydrogen (secondary N) is 1. The Balaban J connectivity index is 2.09. The van der Waals surface area contributed by atoms with Crippen molar-refractivity contribution in [3.05, 3.63) is 92.9 Å². The van der Waals surface area contributed by atoms with Gasteiger partial charge < -0.3 is 10.2 Å². The zero-order valence-electron chi connectivity index (χ0n) is 23.4. The quantitative estimate of drug-likeness (QED) is 0.235. The molecule has 0 saturated carbocycles. The second-order valence-electron chi connectivity index (χ2n) is 9.79. The van der Waals surface area contributed by atoms with E-state index in [1.807, 2.05) is 20.8 Å². The number of nitrogens with zero attached hydrogens (tertiary/aromatic N) is 2. The second-order valence-corrected chi connectivity index (χ2v) is 12.9. The maximum Gasteiger partial charge on any atom is 0.264 e. The van der Waals surface area contributed by atoms with Crippen LogP contribution in [0.4, 0.5) is 5.69 Å². The fraction of sp³-hybridized carbons (Fsp3) is 0.333. The van der Waals surface area contributed by atoms with Crippen LogP contribution in [0.5, 0.6) is 0 Å². The van der Waals surface area contributed by atoms with Crippen LogP contribution in [0, 0.1) is 6.92 Å². The Morgan fingerprint density at radius 2 is 1.54 bits per heavy atom. The molecule has 1 N–H and O–H groups in total. The first-order valence-electron chi connectivity index (χ1n) is 13.3. The first kappa shape index (κ1) is 32.7. The van der Waals surface area contributed by atoms with E-state index in [9.17, 15) is 18.0 Å². The molecule has 0 aliphatic heterocycles. The highest BCUT2D eigenvalue weighted by Gasteiger charge is 2.34. The maximum atomic E-state index is 14.1. The number of para-hydroxylation sites is 1. The molecule has 0 heterocycles. The molecule has 220 valence electrons. The number of anilines is 1. The summed E-state index contributed by atoms with van der Waals surface area (Å²) in [6.07, 6.45) is 1.00. The Bertz CT molecular complexity index is 1480. The van der Waals surface area contributed by atoms with E-state index in [2.05, 4.69) is 5.32 Å². The van der Waals surface area contributed by atoms with Gasteiger partial charge in [-0.05, 0) is 68.7 Å². The molecule has 41 heavy (non-hydrogen) atoms. The lowest BCUT2D eigenvalue weighted by atomic mass is 10.1. The molecule has 3 rings (SSSR count). The molecule has 0 aromatic heterocycles. The molecular formula is C30H34Cl3N3O4S. The fourth-order valence-electron chi connectivity index (χ4n) is 4.20. The van der Waals surface area contributed by atoms with Gasteiger partial charge in [0.25, 0.3) is 10.0 Å². The van der Waals surface area contributed by atoms with E-state index in [0.717, 1.165) is 9.87 Å². The standard InChI is InChI=1S/C30H34Cl3N3O4S/c1-5-21(4)34-30(38)27(6-2)35(18-22-13-16-24(31)26(33)17-22)29(37)19-36(28-10-8-7-9-25(28)32)41(39,40)23-14-11-20(3)12-15-23/h7-17,21,27H,5-6,18-19H2,1-4H3,(H,34,38)/t21-,27+/m0/s1. The SMILES string of the molecule is CC[C@H](C(=O)N[C@@H](C)CC)N(Cc1ccc(Cl)c(Cl)c1)C(=O)CN(c1ccccc1Cl)S(=O)(=O)c1ccc(C)cc1. The highest BCUT2D eigenvalue weighted by Crippen LogP contribution is 2.31. The van der Waals surface area contributed by atoms with Gasteiger partial charge in [-0.2, -0.15) is 0 Å². The number of sulfonamides is 1. The highest BCUT2D eigenvalue weighted by molar-refractivity contribution is 7.92. The van der Waals surface area contributed by atoms with Crippen LogP contribution in [-0.4, -0.2) is 43.8 Å². The summed E-state index contributed by atoms with van der Waals surface area (Å²) in [5, 5.41) is 3.76. The minimum Gasteiger partial charge on any atom is -0.352 e. The van der Waals surface area contributed by atoms with Gasteiger partial charge in [-0.3, -0.25) is 13.9 Å². The normalized spacial score (nSPS) is 12.9. The zero-order chi connectivity index (χ0) is 30.3. The van der Waals surface area contributed by atoms with Crippen molar-refractivity contribution in [2.45, 2.75) is 64.1 Å². The third-order valence-corrected chi connectivity index (χ3v) is 9.57. The largest absolute Gasteiger partial charge is 0.352 e. The molecule has 3 aromatic carbocycles.